The topological polar surface area (TPSA) is 8.17 Å². The summed E-state index contributed by atoms with van der Waals surface area (Å²) in [5, 5.41) is 18.1. The first-order chi connectivity index (χ1) is 38.2. The first kappa shape index (κ1) is 43.6. The lowest BCUT2D eigenvalue weighted by Gasteiger charge is -2.45. The van der Waals surface area contributed by atoms with Gasteiger partial charge in [0.25, 0.3) is 0 Å². The minimum atomic E-state index is -3.03. The van der Waals surface area contributed by atoms with E-state index in [4.69, 9.17) is 0 Å². The Labute approximate surface area is 448 Å². The van der Waals surface area contributed by atoms with E-state index in [1.165, 1.54) is 136 Å². The normalized spacial score (nSPS) is 13.0. The molecule has 3 heteroatoms. The Morgan fingerprint density at radius 1 is 0.273 bits per heavy atom. The van der Waals surface area contributed by atoms with Gasteiger partial charge in [0.15, 0.2) is 8.07 Å². The quantitative estimate of drug-likeness (QED) is 0.114. The molecule has 0 spiro atoms. The molecule has 16 rings (SSSR count). The van der Waals surface area contributed by atoms with E-state index in [0.717, 1.165) is 5.69 Å². The Kier molecular flexibility index (Phi) is 9.69. The summed E-state index contributed by atoms with van der Waals surface area (Å²) in [6, 6.07) is 109. The Morgan fingerprint density at radius 2 is 0.805 bits per heavy atom. The zero-order chi connectivity index (χ0) is 50.6. The summed E-state index contributed by atoms with van der Waals surface area (Å²) in [6.45, 7) is 0. The van der Waals surface area contributed by atoms with Crippen molar-refractivity contribution >= 4 is 111 Å². The van der Waals surface area contributed by atoms with Gasteiger partial charge < -0.3 is 9.47 Å². The fraction of sp³-hybridized carbons (Fsp3) is 0. The van der Waals surface area contributed by atoms with Crippen LogP contribution in [0, 0.1) is 0 Å². The highest BCUT2D eigenvalue weighted by Gasteiger charge is 2.49. The van der Waals surface area contributed by atoms with Gasteiger partial charge in [-0.15, -0.1) is 0 Å². The number of aromatic nitrogens is 1. The fourth-order valence-corrected chi connectivity index (χ4v) is 18.6. The second kappa shape index (κ2) is 17.1. The van der Waals surface area contributed by atoms with E-state index in [1.54, 1.807) is 0 Å². The van der Waals surface area contributed by atoms with E-state index in [1.807, 2.05) is 0 Å². The molecule has 0 N–H and O–H groups in total. The van der Waals surface area contributed by atoms with Crippen LogP contribution in [-0.2, 0) is 0 Å². The molecule has 1 aliphatic heterocycles. The SMILES string of the molecule is c1ccc(-c2cccc(-c3ccc4ccc5c(-n6c7ccccc7c7ccc(-c8ccc9c(c8)[Si](c8ccccc8)(c8ccccc8)c8ccc%10ccccc%10c8N9c8ccccc8)cc76)ccc6ccc3c4c65)c2)cc1. The van der Waals surface area contributed by atoms with Crippen molar-refractivity contribution in [3.05, 3.63) is 291 Å². The second-order valence-corrected chi connectivity index (χ2v) is 24.5. The molecule has 0 saturated carbocycles. The summed E-state index contributed by atoms with van der Waals surface area (Å²) >= 11 is 0. The molecule has 0 unspecified atom stereocenters. The highest BCUT2D eigenvalue weighted by atomic mass is 28.3. The molecular formula is C74H48N2Si. The van der Waals surface area contributed by atoms with Crippen LogP contribution in [0.3, 0.4) is 0 Å². The molecule has 14 aromatic carbocycles. The third-order valence-electron chi connectivity index (χ3n) is 16.8. The number of hydrogen-bond acceptors (Lipinski definition) is 1. The molecule has 0 fully saturated rings. The van der Waals surface area contributed by atoms with Crippen molar-refractivity contribution in [2.75, 3.05) is 4.90 Å². The number of rotatable bonds is 7. The van der Waals surface area contributed by atoms with Gasteiger partial charge in [-0.3, -0.25) is 0 Å². The monoisotopic (exact) mass is 992 g/mol. The number of para-hydroxylation sites is 2. The maximum Gasteiger partial charge on any atom is 0.184 e. The van der Waals surface area contributed by atoms with Gasteiger partial charge in [-0.2, -0.15) is 0 Å². The molecule has 0 amide bonds. The first-order valence-electron chi connectivity index (χ1n) is 26.7. The van der Waals surface area contributed by atoms with Crippen molar-refractivity contribution in [2.24, 2.45) is 0 Å². The van der Waals surface area contributed by atoms with Gasteiger partial charge in [-0.05, 0) is 129 Å². The summed E-state index contributed by atoms with van der Waals surface area (Å²) in [5.74, 6) is 0. The largest absolute Gasteiger partial charge is 0.310 e. The number of hydrogen-bond donors (Lipinski definition) is 0. The van der Waals surface area contributed by atoms with Crippen molar-refractivity contribution in [2.45, 2.75) is 0 Å². The minimum absolute atomic E-state index is 1.15. The lowest BCUT2D eigenvalue weighted by atomic mass is 9.88. The van der Waals surface area contributed by atoms with Crippen molar-refractivity contribution in [3.8, 4) is 39.1 Å². The third kappa shape index (κ3) is 6.48. The average Bonchev–Trinajstić information content (AvgIpc) is 4.00. The molecule has 358 valence electrons. The third-order valence-corrected chi connectivity index (χ3v) is 21.6. The van der Waals surface area contributed by atoms with Crippen LogP contribution < -0.4 is 25.6 Å². The number of anilines is 3. The van der Waals surface area contributed by atoms with Gasteiger partial charge in [-0.1, -0.05) is 249 Å². The van der Waals surface area contributed by atoms with Gasteiger partial charge in [-0.25, -0.2) is 0 Å². The van der Waals surface area contributed by atoms with Crippen LogP contribution in [0.25, 0.3) is 104 Å². The Balaban J connectivity index is 0.929. The maximum absolute atomic E-state index is 3.03. The summed E-state index contributed by atoms with van der Waals surface area (Å²) in [4.78, 5) is 2.55. The van der Waals surface area contributed by atoms with Crippen molar-refractivity contribution in [1.82, 2.24) is 4.57 Å². The highest BCUT2D eigenvalue weighted by molar-refractivity contribution is 7.21. The Morgan fingerprint density at radius 3 is 1.58 bits per heavy atom. The average molecular weight is 993 g/mol. The maximum atomic E-state index is 2.56. The van der Waals surface area contributed by atoms with E-state index in [-0.39, 0.29) is 0 Å². The molecule has 1 aromatic heterocycles. The van der Waals surface area contributed by atoms with Crippen LogP contribution in [0.2, 0.25) is 0 Å². The summed E-state index contributed by atoms with van der Waals surface area (Å²) in [7, 11) is -3.03. The smallest absolute Gasteiger partial charge is 0.184 e. The fourth-order valence-electron chi connectivity index (χ4n) is 13.4. The van der Waals surface area contributed by atoms with Crippen LogP contribution >= 0.6 is 0 Å². The summed E-state index contributed by atoms with van der Waals surface area (Å²) in [5.41, 5.74) is 14.5. The lowest BCUT2D eigenvalue weighted by Crippen LogP contribution is -2.77. The lowest BCUT2D eigenvalue weighted by molar-refractivity contribution is 1.20. The number of benzene rings is 14. The Bertz CT molecular complexity index is 4750. The zero-order valence-electron chi connectivity index (χ0n) is 42.1. The molecular weight excluding hydrogens is 945 g/mol. The molecule has 2 heterocycles. The number of nitrogens with zero attached hydrogens (tertiary/aromatic N) is 2. The van der Waals surface area contributed by atoms with Gasteiger partial charge in [0, 0.05) is 32.9 Å². The summed E-state index contributed by atoms with van der Waals surface area (Å²) < 4.78 is 2.54. The van der Waals surface area contributed by atoms with E-state index in [0.29, 0.717) is 0 Å². The van der Waals surface area contributed by atoms with Gasteiger partial charge in [0.05, 0.1) is 22.4 Å². The van der Waals surface area contributed by atoms with Crippen LogP contribution in [-0.4, -0.2) is 12.6 Å². The minimum Gasteiger partial charge on any atom is -0.310 e. The molecule has 0 atom stereocenters. The predicted octanol–water partition coefficient (Wildman–Crippen LogP) is 17.0. The predicted molar refractivity (Wildman–Crippen MR) is 330 cm³/mol. The van der Waals surface area contributed by atoms with Crippen molar-refractivity contribution in [1.29, 1.82) is 0 Å². The molecule has 15 aromatic rings. The van der Waals surface area contributed by atoms with Gasteiger partial charge in [0.1, 0.15) is 0 Å². The van der Waals surface area contributed by atoms with Crippen LogP contribution in [0.1, 0.15) is 0 Å². The van der Waals surface area contributed by atoms with Gasteiger partial charge in [0.2, 0.25) is 0 Å². The van der Waals surface area contributed by atoms with Crippen molar-refractivity contribution < 1.29 is 0 Å². The van der Waals surface area contributed by atoms with E-state index in [2.05, 4.69) is 301 Å². The van der Waals surface area contributed by atoms with E-state index < -0.39 is 8.07 Å². The molecule has 1 aliphatic rings. The number of fused-ring (bicyclic) bond motifs is 7. The van der Waals surface area contributed by atoms with Crippen LogP contribution in [0.15, 0.2) is 291 Å². The van der Waals surface area contributed by atoms with Crippen molar-refractivity contribution in [3.63, 3.8) is 0 Å². The highest BCUT2D eigenvalue weighted by Crippen LogP contribution is 2.46. The van der Waals surface area contributed by atoms with E-state index in [9.17, 15) is 0 Å². The standard InChI is InChI=1S/C74H48N2Si/c1-5-18-49(19-6-1)53-21-17-22-56(46-53)60-39-32-51-34-42-65-67(43-36-52-33-41-64(60)72(51)73(52)65)76-66-31-16-15-30-62(66)63-40-35-54(47-69(63)76)55-37-44-68-71(48-55)77(58-25-9-3-10-26-58,59-27-11-4-12-28-59)70-45-38-50-20-13-14-29-61(50)74(70)75(68)57-23-7-2-8-24-57/h1-48H. The van der Waals surface area contributed by atoms with Gasteiger partial charge >= 0.3 is 0 Å². The first-order valence-corrected chi connectivity index (χ1v) is 28.7. The second-order valence-electron chi connectivity index (χ2n) is 20.7. The van der Waals surface area contributed by atoms with Crippen LogP contribution in [0.5, 0.6) is 0 Å². The molecule has 0 radical (unpaired) electrons. The van der Waals surface area contributed by atoms with Crippen LogP contribution in [0.4, 0.5) is 17.1 Å². The summed E-state index contributed by atoms with van der Waals surface area (Å²) in [6.07, 6.45) is 0. The molecule has 0 bridgehead atoms. The Hall–Kier alpha value is -9.80. The zero-order valence-corrected chi connectivity index (χ0v) is 43.1. The molecule has 2 nitrogen and oxygen atoms in total. The molecule has 0 saturated heterocycles. The molecule has 0 aliphatic carbocycles. The van der Waals surface area contributed by atoms with E-state index >= 15 is 0 Å². The molecule has 77 heavy (non-hydrogen) atoms.